The number of anilines is 2. The molecule has 0 unspecified atom stereocenters. The minimum atomic E-state index is -0.324. The summed E-state index contributed by atoms with van der Waals surface area (Å²) < 4.78 is 0. The van der Waals surface area contributed by atoms with Gasteiger partial charge >= 0.3 is 0 Å². The maximum Gasteiger partial charge on any atom is 0.0681 e. The van der Waals surface area contributed by atoms with E-state index in [2.05, 4.69) is 72.6 Å². The summed E-state index contributed by atoms with van der Waals surface area (Å²) in [6.07, 6.45) is 2.57. The molecule has 0 fully saturated rings. The number of aliphatic hydroxyl groups is 1. The molecule has 0 amide bonds. The molecule has 24 heavy (non-hydrogen) atoms. The minimum Gasteiger partial charge on any atom is -0.392 e. The Morgan fingerprint density at radius 1 is 0.958 bits per heavy atom. The lowest BCUT2D eigenvalue weighted by molar-refractivity contribution is 0.161. The lowest BCUT2D eigenvalue weighted by atomic mass is 10.0. The highest BCUT2D eigenvalue weighted by Crippen LogP contribution is 2.35. The summed E-state index contributed by atoms with van der Waals surface area (Å²) in [6, 6.07) is 17.7. The molecular formula is C21H28N2O. The van der Waals surface area contributed by atoms with Crippen LogP contribution in [0, 0.1) is 0 Å². The van der Waals surface area contributed by atoms with Crippen molar-refractivity contribution in [1.82, 2.24) is 5.32 Å². The van der Waals surface area contributed by atoms with Crippen molar-refractivity contribution in [1.29, 1.82) is 0 Å². The van der Waals surface area contributed by atoms with Crippen LogP contribution in [0.4, 0.5) is 11.4 Å². The molecule has 2 aromatic rings. The number of aryl methyl sites for hydroxylation is 2. The molecule has 1 aliphatic heterocycles. The fraction of sp³-hybridized carbons (Fsp3) is 0.429. The molecule has 0 spiro atoms. The summed E-state index contributed by atoms with van der Waals surface area (Å²) >= 11 is 0. The predicted octanol–water partition coefficient (Wildman–Crippen LogP) is 3.67. The third kappa shape index (κ3) is 3.97. The van der Waals surface area contributed by atoms with Gasteiger partial charge in [-0.3, -0.25) is 0 Å². The van der Waals surface area contributed by atoms with Gasteiger partial charge in [-0.15, -0.1) is 0 Å². The number of fused-ring (bicyclic) bond motifs is 2. The third-order valence-corrected chi connectivity index (χ3v) is 4.68. The van der Waals surface area contributed by atoms with E-state index < -0.39 is 0 Å². The van der Waals surface area contributed by atoms with Crippen molar-refractivity contribution in [2.75, 3.05) is 18.0 Å². The van der Waals surface area contributed by atoms with E-state index in [1.807, 2.05) is 0 Å². The van der Waals surface area contributed by atoms with Crippen molar-refractivity contribution in [3.8, 4) is 0 Å². The molecule has 3 heteroatoms. The van der Waals surface area contributed by atoms with E-state index in [-0.39, 0.29) is 6.10 Å². The van der Waals surface area contributed by atoms with Crippen LogP contribution in [0.2, 0.25) is 0 Å². The quantitative estimate of drug-likeness (QED) is 0.851. The number of rotatable bonds is 6. The second-order valence-corrected chi connectivity index (χ2v) is 6.91. The normalized spacial score (nSPS) is 14.9. The molecule has 0 aromatic heterocycles. The molecule has 1 atom stereocenters. The zero-order chi connectivity index (χ0) is 16.9. The summed E-state index contributed by atoms with van der Waals surface area (Å²) in [7, 11) is 0. The average molecular weight is 324 g/mol. The van der Waals surface area contributed by atoms with Gasteiger partial charge in [0, 0.05) is 30.5 Å². The standard InChI is InChI=1S/C21H28N2O/c1-16(2)22-15-19(24)13-14-23-20-9-5-3-7-17(20)11-12-18-8-4-6-10-21(18)23/h3-10,16,19,22,24H,11-15H2,1-2H3/t19-/m0/s1. The second-order valence-electron chi connectivity index (χ2n) is 6.91. The van der Waals surface area contributed by atoms with Crippen molar-refractivity contribution >= 4 is 11.4 Å². The molecule has 128 valence electrons. The first-order valence-electron chi connectivity index (χ1n) is 9.00. The van der Waals surface area contributed by atoms with E-state index in [0.717, 1.165) is 25.8 Å². The monoisotopic (exact) mass is 324 g/mol. The predicted molar refractivity (Wildman–Crippen MR) is 101 cm³/mol. The Kier molecular flexibility index (Phi) is 5.54. The summed E-state index contributed by atoms with van der Waals surface area (Å²) in [5.74, 6) is 0. The highest BCUT2D eigenvalue weighted by Gasteiger charge is 2.20. The Morgan fingerprint density at radius 3 is 2.04 bits per heavy atom. The molecule has 0 aliphatic carbocycles. The van der Waals surface area contributed by atoms with Gasteiger partial charge in [-0.25, -0.2) is 0 Å². The van der Waals surface area contributed by atoms with Crippen LogP contribution in [0.3, 0.4) is 0 Å². The zero-order valence-corrected chi connectivity index (χ0v) is 14.7. The fourth-order valence-corrected chi connectivity index (χ4v) is 3.36. The summed E-state index contributed by atoms with van der Waals surface area (Å²) in [5, 5.41) is 13.6. The molecule has 0 saturated carbocycles. The Hall–Kier alpha value is -1.84. The number of hydrogen-bond donors (Lipinski definition) is 2. The highest BCUT2D eigenvalue weighted by molar-refractivity contribution is 5.71. The first kappa shape index (κ1) is 17.0. The zero-order valence-electron chi connectivity index (χ0n) is 14.7. The molecule has 0 saturated heterocycles. The first-order valence-corrected chi connectivity index (χ1v) is 9.00. The topological polar surface area (TPSA) is 35.5 Å². The van der Waals surface area contributed by atoms with Gasteiger partial charge in [-0.1, -0.05) is 50.2 Å². The van der Waals surface area contributed by atoms with Crippen molar-refractivity contribution in [2.45, 2.75) is 45.3 Å². The van der Waals surface area contributed by atoms with Gasteiger partial charge < -0.3 is 15.3 Å². The maximum absolute atomic E-state index is 10.3. The number of nitrogens with one attached hydrogen (secondary N) is 1. The van der Waals surface area contributed by atoms with Crippen LogP contribution in [0.25, 0.3) is 0 Å². The van der Waals surface area contributed by atoms with Crippen LogP contribution >= 0.6 is 0 Å². The second kappa shape index (κ2) is 7.82. The third-order valence-electron chi connectivity index (χ3n) is 4.68. The summed E-state index contributed by atoms with van der Waals surface area (Å²) in [5.41, 5.74) is 5.35. The summed E-state index contributed by atoms with van der Waals surface area (Å²) in [4.78, 5) is 2.39. The van der Waals surface area contributed by atoms with Gasteiger partial charge in [0.2, 0.25) is 0 Å². The molecule has 2 N–H and O–H groups in total. The Morgan fingerprint density at radius 2 is 1.50 bits per heavy atom. The van der Waals surface area contributed by atoms with E-state index in [1.54, 1.807) is 0 Å². The molecule has 0 bridgehead atoms. The van der Waals surface area contributed by atoms with Crippen LogP contribution < -0.4 is 10.2 Å². The summed E-state index contributed by atoms with van der Waals surface area (Å²) in [6.45, 7) is 5.69. The van der Waals surface area contributed by atoms with Crippen LogP contribution in [-0.4, -0.2) is 30.3 Å². The van der Waals surface area contributed by atoms with Crippen LogP contribution in [-0.2, 0) is 12.8 Å². The van der Waals surface area contributed by atoms with Gasteiger partial charge in [0.1, 0.15) is 0 Å². The van der Waals surface area contributed by atoms with Crippen molar-refractivity contribution in [2.24, 2.45) is 0 Å². The lowest BCUT2D eigenvalue weighted by Gasteiger charge is -2.28. The highest BCUT2D eigenvalue weighted by atomic mass is 16.3. The van der Waals surface area contributed by atoms with E-state index in [9.17, 15) is 5.11 Å². The minimum absolute atomic E-state index is 0.324. The molecule has 0 radical (unpaired) electrons. The van der Waals surface area contributed by atoms with Crippen molar-refractivity contribution in [3.63, 3.8) is 0 Å². The lowest BCUT2D eigenvalue weighted by Crippen LogP contribution is -2.34. The van der Waals surface area contributed by atoms with E-state index in [4.69, 9.17) is 0 Å². The molecule has 2 aromatic carbocycles. The van der Waals surface area contributed by atoms with E-state index in [1.165, 1.54) is 22.5 Å². The number of nitrogens with zero attached hydrogens (tertiary/aromatic N) is 1. The molecular weight excluding hydrogens is 296 g/mol. The largest absolute Gasteiger partial charge is 0.392 e. The average Bonchev–Trinajstić information content (AvgIpc) is 2.75. The van der Waals surface area contributed by atoms with Crippen molar-refractivity contribution < 1.29 is 5.11 Å². The molecule has 1 aliphatic rings. The van der Waals surface area contributed by atoms with Gasteiger partial charge in [0.15, 0.2) is 0 Å². The van der Waals surface area contributed by atoms with Crippen LogP contribution in [0.1, 0.15) is 31.4 Å². The van der Waals surface area contributed by atoms with Gasteiger partial charge in [-0.05, 0) is 42.5 Å². The fourth-order valence-electron chi connectivity index (χ4n) is 3.36. The number of benzene rings is 2. The Labute approximate surface area is 145 Å². The van der Waals surface area contributed by atoms with E-state index >= 15 is 0 Å². The molecule has 3 nitrogen and oxygen atoms in total. The van der Waals surface area contributed by atoms with Gasteiger partial charge in [0.25, 0.3) is 0 Å². The number of aliphatic hydroxyl groups excluding tert-OH is 1. The number of hydrogen-bond acceptors (Lipinski definition) is 3. The molecule has 1 heterocycles. The Bertz CT molecular complexity index is 621. The maximum atomic E-state index is 10.3. The van der Waals surface area contributed by atoms with Gasteiger partial charge in [0.05, 0.1) is 6.10 Å². The Balaban J connectivity index is 1.80. The SMILES string of the molecule is CC(C)NC[C@@H](O)CCN1c2ccccc2CCc2ccccc21. The van der Waals surface area contributed by atoms with Crippen LogP contribution in [0.15, 0.2) is 48.5 Å². The van der Waals surface area contributed by atoms with E-state index in [0.29, 0.717) is 12.6 Å². The van der Waals surface area contributed by atoms with Crippen molar-refractivity contribution in [3.05, 3.63) is 59.7 Å². The van der Waals surface area contributed by atoms with Crippen LogP contribution in [0.5, 0.6) is 0 Å². The van der Waals surface area contributed by atoms with Gasteiger partial charge in [-0.2, -0.15) is 0 Å². The smallest absolute Gasteiger partial charge is 0.0681 e. The molecule has 3 rings (SSSR count). The number of para-hydroxylation sites is 2. The first-order chi connectivity index (χ1) is 11.6.